The second-order valence-electron chi connectivity index (χ2n) is 18.0. The molecule has 10 atom stereocenters. The molecule has 2 heterocycles. The molecular weight excluding hydrogens is 789 g/mol. The van der Waals surface area contributed by atoms with Gasteiger partial charge in [0, 0.05) is 15.2 Å². The average Bonchev–Trinajstić information content (AvgIpc) is 3.28. The molecule has 2 saturated heterocycles. The molecule has 4 aromatic carbocycles. The Morgan fingerprint density at radius 2 is 0.887 bits per heavy atom. The van der Waals surface area contributed by atoms with Crippen LogP contribution in [-0.2, 0) is 59.6 Å². The molecule has 6 rings (SSSR count). The number of hydrogen-bond acceptors (Lipinski definition) is 7. The van der Waals surface area contributed by atoms with E-state index in [1.807, 2.05) is 84.9 Å². The molecule has 0 bridgehead atoms. The van der Waals surface area contributed by atoms with E-state index in [-0.39, 0.29) is 36.8 Å². The zero-order valence-electron chi connectivity index (χ0n) is 38.9. The Kier molecular flexibility index (Phi) is 22.6. The van der Waals surface area contributed by atoms with Crippen LogP contribution < -0.4 is 0 Å². The van der Waals surface area contributed by atoms with E-state index < -0.39 is 8.07 Å². The van der Waals surface area contributed by atoms with E-state index in [9.17, 15) is 0 Å². The molecule has 8 heteroatoms. The number of rotatable bonds is 19. The third-order valence-electron chi connectivity index (χ3n) is 11.9. The lowest BCUT2D eigenvalue weighted by atomic mass is 9.80. The van der Waals surface area contributed by atoms with Gasteiger partial charge in [-0.1, -0.05) is 181 Å². The highest BCUT2D eigenvalue weighted by Gasteiger charge is 2.43. The number of benzene rings is 4. The van der Waals surface area contributed by atoms with Crippen molar-refractivity contribution in [3.05, 3.63) is 169 Å². The third kappa shape index (κ3) is 17.5. The highest BCUT2D eigenvalue weighted by molar-refractivity contribution is 6.76. The van der Waals surface area contributed by atoms with Gasteiger partial charge in [0.15, 0.2) is 6.29 Å². The van der Waals surface area contributed by atoms with Crippen molar-refractivity contribution < 1.29 is 33.2 Å². The molecule has 0 radical (unpaired) electrons. The van der Waals surface area contributed by atoms with Gasteiger partial charge in [-0.2, -0.15) is 0 Å². The van der Waals surface area contributed by atoms with Gasteiger partial charge in [0.05, 0.1) is 64.1 Å². The van der Waals surface area contributed by atoms with Crippen LogP contribution in [0.15, 0.2) is 147 Å². The van der Waals surface area contributed by atoms with Gasteiger partial charge < -0.3 is 33.2 Å². The zero-order chi connectivity index (χ0) is 44.7. The van der Waals surface area contributed by atoms with Crippen LogP contribution >= 0.6 is 0 Å². The van der Waals surface area contributed by atoms with Crippen molar-refractivity contribution in [3.63, 3.8) is 0 Å². The van der Waals surface area contributed by atoms with E-state index in [1.54, 1.807) is 7.11 Å². The Morgan fingerprint density at radius 1 is 0.500 bits per heavy atom. The first-order valence-electron chi connectivity index (χ1n) is 22.5. The molecule has 0 saturated carbocycles. The van der Waals surface area contributed by atoms with E-state index in [0.717, 1.165) is 12.0 Å². The van der Waals surface area contributed by atoms with Crippen LogP contribution in [0.3, 0.4) is 0 Å². The summed E-state index contributed by atoms with van der Waals surface area (Å²) in [6, 6.07) is 42.2. The number of ether oxygens (including phenoxy) is 7. The smallest absolute Gasteiger partial charge is 0.184 e. The second-order valence-corrected chi connectivity index (χ2v) is 23.6. The van der Waals surface area contributed by atoms with E-state index in [4.69, 9.17) is 33.2 Å². The number of hydrogen-bond donors (Lipinski definition) is 0. The maximum absolute atomic E-state index is 6.43. The molecule has 338 valence electrons. The summed E-state index contributed by atoms with van der Waals surface area (Å²) in [6.45, 7) is 27.0. The fourth-order valence-corrected chi connectivity index (χ4v) is 8.64. The van der Waals surface area contributed by atoms with Crippen molar-refractivity contribution >= 4 is 8.07 Å². The van der Waals surface area contributed by atoms with Crippen LogP contribution in [0, 0.1) is 23.7 Å². The Hall–Kier alpha value is -3.70. The molecule has 2 aliphatic rings. The Bertz CT molecular complexity index is 1760. The summed E-state index contributed by atoms with van der Waals surface area (Å²) >= 11 is 0. The standard InChI is InChI=1S/C25H32O3.C23H30O4.C6H14Si/c1-4-11-23-25(27-17-22-14-9-6-10-15-22)20(3)19(2)24(28-23)18-26-16-21-12-7-5-8-13-21;1-17-18(2)22(26-15-20-12-8-5-9-13-20)23(24-3)27-21(17)16-25-14-19-10-6-4-7-11-19;1-5-6-7(2,3)4/h4-10,12-15,19-20,23-25H,1,11,16-18H2,2-3H3;4-13,17-18,21-23H,14-16H2,1-3H3;5H,1,6H2,2-4H3/t19-,20-,23+,24?,25?;17-,18-,21?,22?,23-;/m00./s1. The van der Waals surface area contributed by atoms with Crippen molar-refractivity contribution in [3.8, 4) is 0 Å². The minimum absolute atomic E-state index is 0.00904. The predicted molar refractivity (Wildman–Crippen MR) is 256 cm³/mol. The normalized spacial score (nSPS) is 25.9. The Morgan fingerprint density at radius 3 is 1.26 bits per heavy atom. The molecule has 2 fully saturated rings. The summed E-state index contributed by atoms with van der Waals surface area (Å²) in [4.78, 5) is 0. The van der Waals surface area contributed by atoms with Crippen molar-refractivity contribution in [1.29, 1.82) is 0 Å². The van der Waals surface area contributed by atoms with E-state index in [0.29, 0.717) is 63.3 Å². The molecule has 0 aromatic heterocycles. The maximum Gasteiger partial charge on any atom is 0.184 e. The highest BCUT2D eigenvalue weighted by Crippen LogP contribution is 2.36. The highest BCUT2D eigenvalue weighted by atomic mass is 28.3. The van der Waals surface area contributed by atoms with Crippen LogP contribution in [0.5, 0.6) is 0 Å². The largest absolute Gasteiger partial charge is 0.374 e. The van der Waals surface area contributed by atoms with Gasteiger partial charge >= 0.3 is 0 Å². The summed E-state index contributed by atoms with van der Waals surface area (Å²) in [5.41, 5.74) is 4.70. The molecule has 7 nitrogen and oxygen atoms in total. The zero-order valence-corrected chi connectivity index (χ0v) is 39.9. The first-order valence-corrected chi connectivity index (χ1v) is 26.2. The van der Waals surface area contributed by atoms with Gasteiger partial charge in [0.25, 0.3) is 0 Å². The number of methoxy groups -OCH3 is 1. The van der Waals surface area contributed by atoms with Crippen molar-refractivity contribution in [2.75, 3.05) is 20.3 Å². The van der Waals surface area contributed by atoms with Crippen LogP contribution in [0.2, 0.25) is 25.7 Å². The van der Waals surface area contributed by atoms with Gasteiger partial charge in [-0.05, 0) is 58.4 Å². The van der Waals surface area contributed by atoms with Gasteiger partial charge in [-0.3, -0.25) is 0 Å². The molecule has 0 aliphatic carbocycles. The fourth-order valence-electron chi connectivity index (χ4n) is 7.78. The molecule has 0 spiro atoms. The van der Waals surface area contributed by atoms with E-state index >= 15 is 0 Å². The third-order valence-corrected chi connectivity index (χ3v) is 13.4. The quantitative estimate of drug-likeness (QED) is 0.0687. The average molecular weight is 865 g/mol. The van der Waals surface area contributed by atoms with Crippen LogP contribution in [0.1, 0.15) is 56.4 Å². The first kappa shape index (κ1) is 50.9. The first-order chi connectivity index (χ1) is 29.9. The van der Waals surface area contributed by atoms with Gasteiger partial charge in [0.1, 0.15) is 6.10 Å². The molecule has 4 aromatic rings. The van der Waals surface area contributed by atoms with E-state index in [1.165, 1.54) is 22.7 Å². The Balaban J connectivity index is 0.000000237. The molecule has 2 aliphatic heterocycles. The van der Waals surface area contributed by atoms with Crippen LogP contribution in [0.25, 0.3) is 0 Å². The lowest BCUT2D eigenvalue weighted by Gasteiger charge is -2.44. The molecule has 62 heavy (non-hydrogen) atoms. The monoisotopic (exact) mass is 865 g/mol. The minimum Gasteiger partial charge on any atom is -0.374 e. The summed E-state index contributed by atoms with van der Waals surface area (Å²) in [5.74, 6) is 1.36. The number of allylic oxidation sites excluding steroid dienone is 1. The van der Waals surface area contributed by atoms with Crippen molar-refractivity contribution in [1.82, 2.24) is 0 Å². The summed E-state index contributed by atoms with van der Waals surface area (Å²) in [7, 11) is 0.899. The van der Waals surface area contributed by atoms with Gasteiger partial charge in [-0.15, -0.1) is 13.2 Å². The van der Waals surface area contributed by atoms with Crippen molar-refractivity contribution in [2.24, 2.45) is 23.7 Å². The summed E-state index contributed by atoms with van der Waals surface area (Å²) in [5, 5.41) is 0. The lowest BCUT2D eigenvalue weighted by molar-refractivity contribution is -0.281. The SMILES string of the molecule is C=CC[C@H]1OC(COCc2ccccc2)[C@@H](C)[C@H](C)C1OCc1ccccc1.C=CC[Si](C)(C)C.CO[C@H]1OC(COCc2ccccc2)[C@@H](C)[C@H](C)C1OCc1ccccc1. The lowest BCUT2D eigenvalue weighted by Crippen LogP contribution is -2.52. The fraction of sp³-hybridized carbons (Fsp3) is 0.481. The molecular formula is C54H76O7Si. The summed E-state index contributed by atoms with van der Waals surface area (Å²) in [6.07, 6.45) is 4.37. The van der Waals surface area contributed by atoms with Crippen molar-refractivity contribution in [2.45, 2.75) is 123 Å². The van der Waals surface area contributed by atoms with Gasteiger partial charge in [0.2, 0.25) is 0 Å². The second kappa shape index (κ2) is 27.5. The topological polar surface area (TPSA) is 64.6 Å². The summed E-state index contributed by atoms with van der Waals surface area (Å²) < 4.78 is 42.6. The Labute approximate surface area is 375 Å². The van der Waals surface area contributed by atoms with Gasteiger partial charge in [-0.25, -0.2) is 0 Å². The maximum atomic E-state index is 6.43. The van der Waals surface area contributed by atoms with E-state index in [2.05, 4.69) is 109 Å². The van der Waals surface area contributed by atoms with Crippen LogP contribution in [-0.4, -0.2) is 65.2 Å². The molecule has 4 unspecified atom stereocenters. The van der Waals surface area contributed by atoms with Crippen LogP contribution in [0.4, 0.5) is 0 Å². The molecule has 0 N–H and O–H groups in total. The predicted octanol–water partition coefficient (Wildman–Crippen LogP) is 12.3. The molecule has 0 amide bonds. The minimum atomic E-state index is -0.775.